The first-order valence-electron chi connectivity index (χ1n) is 9.38. The van der Waals surface area contributed by atoms with E-state index in [1.165, 1.54) is 6.07 Å². The fourth-order valence-corrected chi connectivity index (χ4v) is 3.84. The van der Waals surface area contributed by atoms with Crippen molar-refractivity contribution in [3.8, 4) is 11.1 Å². The molecule has 11 heteroatoms. The summed E-state index contributed by atoms with van der Waals surface area (Å²) in [5.41, 5.74) is -0.623. The molecule has 0 saturated heterocycles. The van der Waals surface area contributed by atoms with Gasteiger partial charge in [0.15, 0.2) is 0 Å². The number of rotatable bonds is 5. The molecule has 0 saturated carbocycles. The number of non-ortho nitro benzene ring substituents is 2. The maximum Gasteiger partial charge on any atom is 0.338 e. The number of esters is 1. The number of carbonyl (C=O) groups is 1. The van der Waals surface area contributed by atoms with Gasteiger partial charge in [-0.1, -0.05) is 30.3 Å². The van der Waals surface area contributed by atoms with Crippen LogP contribution in [0.1, 0.15) is 27.0 Å². The largest absolute Gasteiger partial charge is 0.465 e. The molecule has 0 atom stereocenters. The highest BCUT2D eigenvalue weighted by Crippen LogP contribution is 2.53. The molecule has 0 aromatic heterocycles. The maximum absolute atomic E-state index is 12.5. The highest BCUT2D eigenvalue weighted by Gasteiger charge is 2.38. The van der Waals surface area contributed by atoms with Gasteiger partial charge in [-0.05, 0) is 22.8 Å². The zero-order valence-corrected chi connectivity index (χ0v) is 16.9. The summed E-state index contributed by atoms with van der Waals surface area (Å²) >= 11 is 0. The number of methoxy groups -OCH3 is 1. The smallest absolute Gasteiger partial charge is 0.338 e. The van der Waals surface area contributed by atoms with E-state index in [2.05, 4.69) is 0 Å². The van der Waals surface area contributed by atoms with Crippen molar-refractivity contribution in [1.82, 2.24) is 0 Å². The SMILES string of the molecule is COC(=O)c1cc([N+](=O)[O-])cc2c1-c1c(cc([N+](=O)[O-])cc1[N+](=O)[O-])/C2=C\c1ccccc1. The van der Waals surface area contributed by atoms with Crippen molar-refractivity contribution in [3.05, 3.63) is 107 Å². The Bertz CT molecular complexity index is 1400. The van der Waals surface area contributed by atoms with Crippen LogP contribution < -0.4 is 0 Å². The minimum atomic E-state index is -0.936. The van der Waals surface area contributed by atoms with Crippen molar-refractivity contribution >= 4 is 34.7 Å². The molecule has 0 spiro atoms. The first-order valence-corrected chi connectivity index (χ1v) is 9.38. The van der Waals surface area contributed by atoms with Gasteiger partial charge in [0.2, 0.25) is 0 Å². The zero-order chi connectivity index (χ0) is 23.9. The molecule has 0 N–H and O–H groups in total. The van der Waals surface area contributed by atoms with Gasteiger partial charge in [-0.2, -0.15) is 0 Å². The Morgan fingerprint density at radius 1 is 0.818 bits per heavy atom. The number of benzene rings is 3. The predicted octanol–water partition coefficient (Wildman–Crippen LogP) is 4.77. The highest BCUT2D eigenvalue weighted by atomic mass is 16.6. The zero-order valence-electron chi connectivity index (χ0n) is 16.9. The number of nitrogens with zero attached hydrogens (tertiary/aromatic N) is 3. The van der Waals surface area contributed by atoms with Gasteiger partial charge in [-0.25, -0.2) is 4.79 Å². The minimum absolute atomic E-state index is 0.0434. The summed E-state index contributed by atoms with van der Waals surface area (Å²) in [5.74, 6) is -0.936. The third-order valence-electron chi connectivity index (χ3n) is 5.19. The predicted molar refractivity (Wildman–Crippen MR) is 117 cm³/mol. The van der Waals surface area contributed by atoms with Crippen molar-refractivity contribution in [2.24, 2.45) is 0 Å². The molecule has 33 heavy (non-hydrogen) atoms. The van der Waals surface area contributed by atoms with Gasteiger partial charge < -0.3 is 4.74 Å². The topological polar surface area (TPSA) is 156 Å². The maximum atomic E-state index is 12.5. The molecule has 0 radical (unpaired) electrons. The molecular formula is C22H13N3O8. The summed E-state index contributed by atoms with van der Waals surface area (Å²) in [6, 6.07) is 12.8. The molecule has 0 unspecified atom stereocenters. The standard InChI is InChI=1S/C22H13N3O8/c1-33-22(26)18-10-13(23(27)28)8-16-15(7-12-5-3-2-4-6-12)17-9-14(24(29)30)11-19(25(31)32)21(17)20(16)18/h2-11H,1H3/b15-7-. The molecule has 0 heterocycles. The third-order valence-corrected chi connectivity index (χ3v) is 5.19. The number of carbonyl (C=O) groups excluding carboxylic acids is 1. The molecule has 0 amide bonds. The van der Waals surface area contributed by atoms with Gasteiger partial charge in [0.25, 0.3) is 17.1 Å². The molecule has 0 bridgehead atoms. The van der Waals surface area contributed by atoms with Crippen molar-refractivity contribution in [2.45, 2.75) is 0 Å². The molecule has 3 aromatic rings. The molecule has 1 aliphatic carbocycles. The van der Waals surface area contributed by atoms with Gasteiger partial charge in [0.1, 0.15) is 0 Å². The Hall–Kier alpha value is -4.93. The van der Waals surface area contributed by atoms with Gasteiger partial charge in [-0.3, -0.25) is 30.3 Å². The minimum Gasteiger partial charge on any atom is -0.465 e. The average molecular weight is 447 g/mol. The van der Waals surface area contributed by atoms with Crippen LogP contribution in [0.2, 0.25) is 0 Å². The Balaban J connectivity index is 2.19. The Kier molecular flexibility index (Phi) is 5.14. The summed E-state index contributed by atoms with van der Waals surface area (Å²) in [5, 5.41) is 34.9. The summed E-state index contributed by atoms with van der Waals surface area (Å²) in [7, 11) is 1.08. The quantitative estimate of drug-likeness (QED) is 0.241. The van der Waals surface area contributed by atoms with Crippen molar-refractivity contribution in [3.63, 3.8) is 0 Å². The number of ether oxygens (including phenoxy) is 1. The van der Waals surface area contributed by atoms with E-state index >= 15 is 0 Å². The van der Waals surface area contributed by atoms with Crippen molar-refractivity contribution in [1.29, 1.82) is 0 Å². The summed E-state index contributed by atoms with van der Waals surface area (Å²) in [6.07, 6.45) is 1.60. The fraction of sp³-hybridized carbons (Fsp3) is 0.0455. The summed E-state index contributed by atoms with van der Waals surface area (Å²) < 4.78 is 4.77. The van der Waals surface area contributed by atoms with E-state index in [1.807, 2.05) is 0 Å². The molecule has 0 aliphatic heterocycles. The average Bonchev–Trinajstić information content (AvgIpc) is 3.11. The Morgan fingerprint density at radius 2 is 1.39 bits per heavy atom. The van der Waals surface area contributed by atoms with Crippen molar-refractivity contribution < 1.29 is 24.3 Å². The van der Waals surface area contributed by atoms with Gasteiger partial charge in [0, 0.05) is 29.3 Å². The second kappa shape index (κ2) is 7.96. The number of nitro groups is 3. The number of hydrogen-bond acceptors (Lipinski definition) is 8. The number of nitro benzene ring substituents is 3. The van der Waals surface area contributed by atoms with E-state index in [0.717, 1.165) is 25.3 Å². The van der Waals surface area contributed by atoms with Crippen LogP contribution in [-0.2, 0) is 4.74 Å². The molecule has 0 fully saturated rings. The molecule has 3 aromatic carbocycles. The Labute approximate surface area is 185 Å². The third kappa shape index (κ3) is 3.57. The van der Waals surface area contributed by atoms with E-state index < -0.39 is 37.8 Å². The summed E-state index contributed by atoms with van der Waals surface area (Å²) in [4.78, 5) is 45.2. The van der Waals surface area contributed by atoms with Crippen molar-refractivity contribution in [2.75, 3.05) is 7.11 Å². The number of fused-ring (bicyclic) bond motifs is 3. The second-order valence-electron chi connectivity index (χ2n) is 7.03. The Morgan fingerprint density at radius 3 is 1.94 bits per heavy atom. The molecule has 1 aliphatic rings. The van der Waals surface area contributed by atoms with Crippen LogP contribution in [-0.4, -0.2) is 27.8 Å². The number of hydrogen-bond donors (Lipinski definition) is 0. The van der Waals surface area contributed by atoms with Gasteiger partial charge >= 0.3 is 5.97 Å². The summed E-state index contributed by atoms with van der Waals surface area (Å²) in [6.45, 7) is 0. The van der Waals surface area contributed by atoms with Gasteiger partial charge in [-0.15, -0.1) is 0 Å². The van der Waals surface area contributed by atoms with Crippen LogP contribution in [0.15, 0.2) is 54.6 Å². The monoisotopic (exact) mass is 447 g/mol. The first-order chi connectivity index (χ1) is 15.7. The molecule has 4 rings (SSSR count). The van der Waals surface area contributed by atoms with Crippen LogP contribution in [0.3, 0.4) is 0 Å². The lowest BCUT2D eigenvalue weighted by Gasteiger charge is -2.08. The van der Waals surface area contributed by atoms with E-state index in [-0.39, 0.29) is 33.4 Å². The van der Waals surface area contributed by atoms with E-state index in [0.29, 0.717) is 5.56 Å². The highest BCUT2D eigenvalue weighted by molar-refractivity contribution is 6.15. The fourth-order valence-electron chi connectivity index (χ4n) is 3.84. The van der Waals surface area contributed by atoms with E-state index in [4.69, 9.17) is 4.74 Å². The van der Waals surface area contributed by atoms with Crippen LogP contribution >= 0.6 is 0 Å². The van der Waals surface area contributed by atoms with E-state index in [9.17, 15) is 35.1 Å². The first kappa shape index (κ1) is 21.3. The van der Waals surface area contributed by atoms with Gasteiger partial charge in [0.05, 0.1) is 39.1 Å². The molecule has 164 valence electrons. The van der Waals surface area contributed by atoms with Crippen LogP contribution in [0.25, 0.3) is 22.8 Å². The second-order valence-corrected chi connectivity index (χ2v) is 7.03. The van der Waals surface area contributed by atoms with Crippen LogP contribution in [0.4, 0.5) is 17.1 Å². The lowest BCUT2D eigenvalue weighted by molar-refractivity contribution is -0.393. The van der Waals surface area contributed by atoms with E-state index in [1.54, 1.807) is 36.4 Å². The van der Waals surface area contributed by atoms with Crippen LogP contribution in [0, 0.1) is 30.3 Å². The molecular weight excluding hydrogens is 434 g/mol. The lowest BCUT2D eigenvalue weighted by atomic mass is 9.96. The normalized spacial score (nSPS) is 12.7. The van der Waals surface area contributed by atoms with Crippen LogP contribution in [0.5, 0.6) is 0 Å². The molecule has 11 nitrogen and oxygen atoms in total. The lowest BCUT2D eigenvalue weighted by Crippen LogP contribution is -2.06.